The van der Waals surface area contributed by atoms with E-state index in [1.165, 1.54) is 27.9 Å². The number of halogens is 1. The molecule has 0 radical (unpaired) electrons. The highest BCUT2D eigenvalue weighted by Crippen LogP contribution is 2.20. The molecule has 0 bridgehead atoms. The van der Waals surface area contributed by atoms with Crippen molar-refractivity contribution in [2.75, 3.05) is 38.2 Å². The van der Waals surface area contributed by atoms with Crippen LogP contribution < -0.4 is 10.6 Å². The van der Waals surface area contributed by atoms with Crippen LogP contribution in [-0.4, -0.2) is 92.3 Å². The Kier molecular flexibility index (Phi) is 11.2. The van der Waals surface area contributed by atoms with Crippen molar-refractivity contribution in [3.05, 3.63) is 35.4 Å². The molecule has 0 aliphatic rings. The Labute approximate surface area is 218 Å². The van der Waals surface area contributed by atoms with Crippen LogP contribution in [0.4, 0.5) is 10.5 Å². The quantitative estimate of drug-likeness (QED) is 0.249. The van der Waals surface area contributed by atoms with E-state index in [1.54, 1.807) is 27.0 Å². The molecule has 15 heteroatoms. The zero-order valence-electron chi connectivity index (χ0n) is 20.8. The molecule has 0 spiro atoms. The summed E-state index contributed by atoms with van der Waals surface area (Å²) < 4.78 is 12.0. The third kappa shape index (κ3) is 11.2. The Morgan fingerprint density at radius 3 is 2.57 bits per heavy atom. The van der Waals surface area contributed by atoms with Crippen LogP contribution >= 0.6 is 11.6 Å². The molecule has 2 heterocycles. The minimum Gasteiger partial charge on any atom is -0.481 e. The van der Waals surface area contributed by atoms with Gasteiger partial charge in [0.1, 0.15) is 17.8 Å². The summed E-state index contributed by atoms with van der Waals surface area (Å²) in [4.78, 5) is 53.2. The Hall–Kier alpha value is -3.78. The first-order chi connectivity index (χ1) is 17.4. The number of hydrogen-bond donors (Lipinski definition) is 3. The number of rotatable bonds is 13. The van der Waals surface area contributed by atoms with Crippen LogP contribution in [0.15, 0.2) is 24.5 Å². The highest BCUT2D eigenvalue weighted by molar-refractivity contribution is 6.32. The molecular weight excluding hydrogens is 510 g/mol. The van der Waals surface area contributed by atoms with Gasteiger partial charge in [-0.15, -0.1) is 5.10 Å². The van der Waals surface area contributed by atoms with Gasteiger partial charge in [0.25, 0.3) is 5.91 Å². The number of nitrogens with one attached hydrogen (secondary N) is 2. The second-order valence-electron chi connectivity index (χ2n) is 8.66. The second-order valence-corrected chi connectivity index (χ2v) is 9.02. The zero-order chi connectivity index (χ0) is 27.4. The third-order valence-corrected chi connectivity index (χ3v) is 4.69. The third-order valence-electron chi connectivity index (χ3n) is 4.40. The van der Waals surface area contributed by atoms with Crippen LogP contribution in [0, 0.1) is 0 Å². The van der Waals surface area contributed by atoms with Gasteiger partial charge in [-0.05, 0) is 32.9 Å². The molecule has 0 aromatic carbocycles. The number of aromatic nitrogens is 4. The van der Waals surface area contributed by atoms with Crippen LogP contribution in [0.2, 0.25) is 5.15 Å². The van der Waals surface area contributed by atoms with Crippen LogP contribution in [0.5, 0.6) is 0 Å². The van der Waals surface area contributed by atoms with E-state index in [1.807, 2.05) is 0 Å². The van der Waals surface area contributed by atoms with Crippen molar-refractivity contribution in [2.45, 2.75) is 39.3 Å². The number of aliphatic carboxylic acids is 1. The molecule has 0 fully saturated rings. The number of amides is 3. The number of carbonyl (C=O) groups is 4. The lowest BCUT2D eigenvalue weighted by Crippen LogP contribution is -2.43. The summed E-state index contributed by atoms with van der Waals surface area (Å²) in [5.41, 5.74) is -0.592. The van der Waals surface area contributed by atoms with Crippen LogP contribution in [0.3, 0.4) is 0 Å². The van der Waals surface area contributed by atoms with Gasteiger partial charge in [-0.1, -0.05) is 16.8 Å². The average Bonchev–Trinajstić information content (AvgIpc) is 3.32. The molecule has 0 unspecified atom stereocenters. The topological polar surface area (TPSA) is 178 Å². The number of carboxylic acid groups (broad SMARTS) is 1. The van der Waals surface area contributed by atoms with E-state index in [0.29, 0.717) is 6.54 Å². The Morgan fingerprint density at radius 2 is 1.95 bits per heavy atom. The molecule has 2 aromatic rings. The van der Waals surface area contributed by atoms with Crippen molar-refractivity contribution in [1.82, 2.24) is 30.2 Å². The lowest BCUT2D eigenvalue weighted by molar-refractivity contribution is -0.138. The molecule has 0 aliphatic carbocycles. The van der Waals surface area contributed by atoms with E-state index >= 15 is 0 Å². The first-order valence-corrected chi connectivity index (χ1v) is 11.7. The number of nitrogens with zero attached hydrogens (tertiary/aromatic N) is 5. The van der Waals surface area contributed by atoms with E-state index in [2.05, 4.69) is 25.9 Å². The molecule has 0 atom stereocenters. The molecule has 2 rings (SSSR count). The zero-order valence-corrected chi connectivity index (χ0v) is 21.5. The maximum Gasteiger partial charge on any atom is 0.410 e. The standard InChI is InChI=1S/C22H30ClN7O7/c1-22(2,3)37-21(35)29(10-11-30-9-7-25-28-30)14-17(31)26-15-4-5-16(27-19(15)23)20(34)24-8-13-36-12-6-18(32)33/h4-5,7,9H,6,8,10-14H2,1-3H3,(H,24,34)(H,26,31)(H,32,33). The van der Waals surface area contributed by atoms with Gasteiger partial charge in [0.2, 0.25) is 5.91 Å². The van der Waals surface area contributed by atoms with Crippen molar-refractivity contribution in [2.24, 2.45) is 0 Å². The van der Waals surface area contributed by atoms with Crippen molar-refractivity contribution < 1.29 is 33.8 Å². The van der Waals surface area contributed by atoms with Gasteiger partial charge in [0.05, 0.1) is 38.1 Å². The molecule has 2 aromatic heterocycles. The number of carboxylic acids is 1. The molecule has 3 N–H and O–H groups in total. The molecule has 3 amide bonds. The van der Waals surface area contributed by atoms with Gasteiger partial charge in [0, 0.05) is 19.3 Å². The summed E-state index contributed by atoms with van der Waals surface area (Å²) in [6.07, 6.45) is 2.32. The van der Waals surface area contributed by atoms with E-state index in [-0.39, 0.29) is 55.8 Å². The molecule has 37 heavy (non-hydrogen) atoms. The highest BCUT2D eigenvalue weighted by Gasteiger charge is 2.24. The second kappa shape index (κ2) is 14.1. The normalized spacial score (nSPS) is 11.0. The largest absolute Gasteiger partial charge is 0.481 e. The number of hydrogen-bond acceptors (Lipinski definition) is 9. The maximum absolute atomic E-state index is 12.7. The summed E-state index contributed by atoms with van der Waals surface area (Å²) in [6.45, 7) is 5.57. The van der Waals surface area contributed by atoms with Crippen LogP contribution in [0.25, 0.3) is 0 Å². The number of carbonyl (C=O) groups excluding carboxylic acids is 3. The SMILES string of the molecule is CC(C)(C)OC(=O)N(CCn1ccnn1)CC(=O)Nc1ccc(C(=O)NCCOCCC(=O)O)nc1Cl. The van der Waals surface area contributed by atoms with Crippen LogP contribution in [0.1, 0.15) is 37.7 Å². The summed E-state index contributed by atoms with van der Waals surface area (Å²) in [5, 5.41) is 21.1. The number of pyridine rings is 1. The average molecular weight is 540 g/mol. The van der Waals surface area contributed by atoms with E-state index in [9.17, 15) is 19.2 Å². The Morgan fingerprint density at radius 1 is 1.19 bits per heavy atom. The van der Waals surface area contributed by atoms with Gasteiger partial charge in [-0.2, -0.15) is 0 Å². The molecule has 14 nitrogen and oxygen atoms in total. The molecule has 0 aliphatic heterocycles. The fourth-order valence-electron chi connectivity index (χ4n) is 2.74. The van der Waals surface area contributed by atoms with Crippen LogP contribution in [-0.2, 0) is 25.6 Å². The summed E-state index contributed by atoms with van der Waals surface area (Å²) in [5.74, 6) is -2.05. The maximum atomic E-state index is 12.7. The highest BCUT2D eigenvalue weighted by atomic mass is 35.5. The van der Waals surface area contributed by atoms with E-state index < -0.39 is 29.5 Å². The first-order valence-electron chi connectivity index (χ1n) is 11.3. The minimum absolute atomic E-state index is 0.0109. The van der Waals surface area contributed by atoms with Gasteiger partial charge in [-0.3, -0.25) is 24.0 Å². The summed E-state index contributed by atoms with van der Waals surface area (Å²) >= 11 is 6.15. The minimum atomic E-state index is -0.973. The smallest absolute Gasteiger partial charge is 0.410 e. The Bertz CT molecular complexity index is 1070. The summed E-state index contributed by atoms with van der Waals surface area (Å²) in [7, 11) is 0. The van der Waals surface area contributed by atoms with Gasteiger partial charge in [-0.25, -0.2) is 9.78 Å². The van der Waals surface area contributed by atoms with Crippen molar-refractivity contribution in [3.63, 3.8) is 0 Å². The summed E-state index contributed by atoms with van der Waals surface area (Å²) in [6, 6.07) is 2.79. The molecule has 202 valence electrons. The van der Waals surface area contributed by atoms with Gasteiger partial charge in [0.15, 0.2) is 5.15 Å². The van der Waals surface area contributed by atoms with Crippen molar-refractivity contribution >= 4 is 41.2 Å². The fourth-order valence-corrected chi connectivity index (χ4v) is 2.94. The predicted molar refractivity (Wildman–Crippen MR) is 131 cm³/mol. The van der Waals surface area contributed by atoms with Gasteiger partial charge >= 0.3 is 12.1 Å². The predicted octanol–water partition coefficient (Wildman–Crippen LogP) is 1.42. The van der Waals surface area contributed by atoms with Crippen molar-refractivity contribution in [3.8, 4) is 0 Å². The molecule has 0 saturated heterocycles. The first kappa shape index (κ1) is 29.5. The fraction of sp³-hybridized carbons (Fsp3) is 0.500. The number of anilines is 1. The lowest BCUT2D eigenvalue weighted by Gasteiger charge is -2.27. The van der Waals surface area contributed by atoms with E-state index in [4.69, 9.17) is 26.2 Å². The monoisotopic (exact) mass is 539 g/mol. The van der Waals surface area contributed by atoms with Gasteiger partial charge < -0.3 is 25.2 Å². The van der Waals surface area contributed by atoms with E-state index in [0.717, 1.165) is 0 Å². The van der Waals surface area contributed by atoms with Crippen molar-refractivity contribution in [1.29, 1.82) is 0 Å². The Balaban J connectivity index is 1.92. The molecular formula is C22H30ClN7O7. The molecule has 0 saturated carbocycles. The lowest BCUT2D eigenvalue weighted by atomic mass is 10.2. The number of ether oxygens (including phenoxy) is 2.